The summed E-state index contributed by atoms with van der Waals surface area (Å²) >= 11 is 0. The van der Waals surface area contributed by atoms with E-state index in [1.165, 1.54) is 11.1 Å². The fourth-order valence-electron chi connectivity index (χ4n) is 1.56. The first-order chi connectivity index (χ1) is 6.93. The van der Waals surface area contributed by atoms with Crippen molar-refractivity contribution < 1.29 is 4.79 Å². The van der Waals surface area contributed by atoms with Crippen LogP contribution in [0.1, 0.15) is 38.8 Å². The molecular formula is C14H20O. The molecule has 0 radical (unpaired) electrons. The maximum atomic E-state index is 10.5. The van der Waals surface area contributed by atoms with Gasteiger partial charge < -0.3 is 4.79 Å². The zero-order valence-corrected chi connectivity index (χ0v) is 10.1. The number of benzene rings is 1. The van der Waals surface area contributed by atoms with Crippen molar-refractivity contribution in [3.8, 4) is 0 Å². The first-order valence-electron chi connectivity index (χ1n) is 5.48. The van der Waals surface area contributed by atoms with E-state index in [2.05, 4.69) is 45.0 Å². The molecule has 1 nitrogen and oxygen atoms in total. The molecule has 0 saturated carbocycles. The monoisotopic (exact) mass is 204 g/mol. The zero-order valence-electron chi connectivity index (χ0n) is 10.1. The van der Waals surface area contributed by atoms with Gasteiger partial charge in [-0.1, -0.05) is 52.0 Å². The van der Waals surface area contributed by atoms with E-state index >= 15 is 0 Å². The number of aldehydes is 1. The summed E-state index contributed by atoms with van der Waals surface area (Å²) in [6.45, 7) is 8.56. The molecule has 1 aromatic carbocycles. The van der Waals surface area contributed by atoms with E-state index < -0.39 is 0 Å². The van der Waals surface area contributed by atoms with Gasteiger partial charge in [-0.15, -0.1) is 0 Å². The van der Waals surface area contributed by atoms with E-state index in [4.69, 9.17) is 0 Å². The lowest BCUT2D eigenvalue weighted by molar-refractivity contribution is -0.110. The minimum absolute atomic E-state index is 0.116. The minimum Gasteiger partial charge on any atom is -0.303 e. The highest BCUT2D eigenvalue weighted by Gasteiger charge is 2.12. The van der Waals surface area contributed by atoms with Crippen LogP contribution in [0.5, 0.6) is 0 Å². The maximum Gasteiger partial charge on any atom is 0.123 e. The number of hydrogen-bond acceptors (Lipinski definition) is 1. The second-order valence-corrected chi connectivity index (χ2v) is 5.26. The fraction of sp³-hybridized carbons (Fsp3) is 0.500. The Hall–Kier alpha value is -1.11. The molecule has 0 spiro atoms. The van der Waals surface area contributed by atoms with Crippen molar-refractivity contribution in [1.82, 2.24) is 0 Å². The van der Waals surface area contributed by atoms with Gasteiger partial charge in [-0.25, -0.2) is 0 Å². The molecule has 0 aromatic heterocycles. The molecular weight excluding hydrogens is 184 g/mol. The van der Waals surface area contributed by atoms with E-state index in [9.17, 15) is 4.79 Å². The van der Waals surface area contributed by atoms with Gasteiger partial charge in [0.1, 0.15) is 6.29 Å². The van der Waals surface area contributed by atoms with Crippen LogP contribution in [0.3, 0.4) is 0 Å². The molecule has 0 aliphatic carbocycles. The summed E-state index contributed by atoms with van der Waals surface area (Å²) in [6.07, 6.45) is 1.85. The van der Waals surface area contributed by atoms with Gasteiger partial charge >= 0.3 is 0 Å². The van der Waals surface area contributed by atoms with Crippen molar-refractivity contribution in [1.29, 1.82) is 0 Å². The zero-order chi connectivity index (χ0) is 11.5. The van der Waals surface area contributed by atoms with E-state index in [0.717, 1.165) is 12.7 Å². The van der Waals surface area contributed by atoms with Crippen LogP contribution in [0.2, 0.25) is 0 Å². The van der Waals surface area contributed by atoms with Gasteiger partial charge in [-0.3, -0.25) is 0 Å². The van der Waals surface area contributed by atoms with Gasteiger partial charge in [0.15, 0.2) is 0 Å². The lowest BCUT2D eigenvalue weighted by Gasteiger charge is -2.19. The largest absolute Gasteiger partial charge is 0.303 e. The number of rotatable bonds is 3. The summed E-state index contributed by atoms with van der Waals surface area (Å²) in [4.78, 5) is 10.5. The van der Waals surface area contributed by atoms with Crippen LogP contribution in [0.15, 0.2) is 24.3 Å². The van der Waals surface area contributed by atoms with Gasteiger partial charge in [0.2, 0.25) is 0 Å². The van der Waals surface area contributed by atoms with Crippen LogP contribution in [0, 0.1) is 5.92 Å². The molecule has 0 saturated heterocycles. The molecule has 1 rings (SSSR count). The Morgan fingerprint density at radius 1 is 1.20 bits per heavy atom. The molecule has 0 bridgehead atoms. The van der Waals surface area contributed by atoms with Gasteiger partial charge in [0.25, 0.3) is 0 Å². The maximum absolute atomic E-state index is 10.5. The predicted octanol–water partition coefficient (Wildman–Crippen LogP) is 3.36. The summed E-state index contributed by atoms with van der Waals surface area (Å²) in [5, 5.41) is 0. The van der Waals surface area contributed by atoms with Gasteiger partial charge in [0, 0.05) is 5.92 Å². The van der Waals surface area contributed by atoms with Crippen LogP contribution >= 0.6 is 0 Å². The topological polar surface area (TPSA) is 17.1 Å². The third kappa shape index (κ3) is 3.50. The third-order valence-electron chi connectivity index (χ3n) is 2.61. The number of hydrogen-bond donors (Lipinski definition) is 0. The summed E-state index contributed by atoms with van der Waals surface area (Å²) < 4.78 is 0. The molecule has 0 N–H and O–H groups in total. The molecule has 0 aliphatic heterocycles. The molecule has 15 heavy (non-hydrogen) atoms. The van der Waals surface area contributed by atoms with Crippen LogP contribution in [-0.4, -0.2) is 6.29 Å². The van der Waals surface area contributed by atoms with E-state index in [1.807, 2.05) is 6.92 Å². The van der Waals surface area contributed by atoms with Gasteiger partial charge in [-0.05, 0) is 23.0 Å². The minimum atomic E-state index is 0.116. The normalized spacial score (nSPS) is 13.6. The van der Waals surface area contributed by atoms with Crippen LogP contribution < -0.4 is 0 Å². The van der Waals surface area contributed by atoms with Crippen molar-refractivity contribution in [3.63, 3.8) is 0 Å². The van der Waals surface area contributed by atoms with Crippen molar-refractivity contribution in [3.05, 3.63) is 35.4 Å². The Labute approximate surface area is 92.5 Å². The summed E-state index contributed by atoms with van der Waals surface area (Å²) in [7, 11) is 0. The van der Waals surface area contributed by atoms with E-state index in [0.29, 0.717) is 0 Å². The van der Waals surface area contributed by atoms with E-state index in [-0.39, 0.29) is 11.3 Å². The molecule has 0 amide bonds. The van der Waals surface area contributed by atoms with Gasteiger partial charge in [-0.2, -0.15) is 0 Å². The Morgan fingerprint density at radius 3 is 2.13 bits per heavy atom. The lowest BCUT2D eigenvalue weighted by atomic mass is 9.86. The highest BCUT2D eigenvalue weighted by Crippen LogP contribution is 2.22. The standard InChI is InChI=1S/C14H20O/c1-11(10-15)9-12-5-7-13(8-6-12)14(2,3)4/h5-8,10-11H,9H2,1-4H3/t11-/m0/s1. The molecule has 1 heteroatoms. The number of carbonyl (C=O) groups excluding carboxylic acids is 1. The van der Waals surface area contributed by atoms with Crippen LogP contribution in [-0.2, 0) is 16.6 Å². The molecule has 1 atom stereocenters. The summed E-state index contributed by atoms with van der Waals surface area (Å²) in [5.74, 6) is 0.116. The second kappa shape index (κ2) is 4.61. The molecule has 0 fully saturated rings. The predicted molar refractivity (Wildman–Crippen MR) is 64.1 cm³/mol. The lowest BCUT2D eigenvalue weighted by Crippen LogP contribution is -2.11. The average Bonchev–Trinajstić information content (AvgIpc) is 2.17. The van der Waals surface area contributed by atoms with Crippen molar-refractivity contribution in [2.45, 2.75) is 39.5 Å². The quantitative estimate of drug-likeness (QED) is 0.690. The van der Waals surface area contributed by atoms with Crippen LogP contribution in [0.4, 0.5) is 0 Å². The molecule has 82 valence electrons. The van der Waals surface area contributed by atoms with Crippen molar-refractivity contribution in [2.24, 2.45) is 5.92 Å². The molecule has 0 aliphatic rings. The Balaban J connectivity index is 2.77. The van der Waals surface area contributed by atoms with Gasteiger partial charge in [0.05, 0.1) is 0 Å². The average molecular weight is 204 g/mol. The first kappa shape index (κ1) is 12.0. The van der Waals surface area contributed by atoms with Crippen molar-refractivity contribution in [2.75, 3.05) is 0 Å². The molecule has 1 aromatic rings. The Bertz CT molecular complexity index is 316. The van der Waals surface area contributed by atoms with E-state index in [1.54, 1.807) is 0 Å². The smallest absolute Gasteiger partial charge is 0.123 e. The second-order valence-electron chi connectivity index (χ2n) is 5.26. The van der Waals surface area contributed by atoms with Crippen LogP contribution in [0.25, 0.3) is 0 Å². The first-order valence-corrected chi connectivity index (χ1v) is 5.48. The summed E-state index contributed by atoms with van der Waals surface area (Å²) in [5.41, 5.74) is 2.78. The Morgan fingerprint density at radius 2 is 1.73 bits per heavy atom. The fourth-order valence-corrected chi connectivity index (χ4v) is 1.56. The molecule has 0 unspecified atom stereocenters. The Kier molecular flexibility index (Phi) is 3.67. The van der Waals surface area contributed by atoms with Crippen molar-refractivity contribution >= 4 is 6.29 Å². The number of carbonyl (C=O) groups is 1. The third-order valence-corrected chi connectivity index (χ3v) is 2.61. The summed E-state index contributed by atoms with van der Waals surface area (Å²) in [6, 6.07) is 8.57. The SMILES string of the molecule is C[C@H](C=O)Cc1ccc(C(C)(C)C)cc1. The molecule has 0 heterocycles. The highest BCUT2D eigenvalue weighted by molar-refractivity contribution is 5.53. The highest BCUT2D eigenvalue weighted by atomic mass is 16.1.